The maximum Gasteiger partial charge on any atom is 0.137 e. The molecule has 3 aromatic heterocycles. The van der Waals surface area contributed by atoms with E-state index in [1.165, 1.54) is 50.8 Å². The lowest BCUT2D eigenvalue weighted by Crippen LogP contribution is -2.21. The summed E-state index contributed by atoms with van der Waals surface area (Å²) >= 11 is 0. The second-order valence-corrected chi connectivity index (χ2v) is 15.7. The SMILES string of the molecule is CCCCc1nn(-c2cc(Oc3ccc4c5ccccc5n(-c5cc(C)ccn5)c4c3)cc(C(C)C)c2)c(CCCC)c1C1C(C)=C[C@H](C)C[C@@H]1C. The van der Waals surface area contributed by atoms with Gasteiger partial charge in [-0.05, 0) is 117 Å². The number of aryl methyl sites for hydroxylation is 2. The molecule has 0 saturated carbocycles. The van der Waals surface area contributed by atoms with Crippen molar-refractivity contribution in [2.45, 2.75) is 112 Å². The van der Waals surface area contributed by atoms with E-state index < -0.39 is 0 Å². The Bertz CT molecular complexity index is 2230. The first kappa shape index (κ1) is 35.7. The smallest absolute Gasteiger partial charge is 0.137 e. The van der Waals surface area contributed by atoms with Gasteiger partial charge in [-0.3, -0.25) is 4.57 Å². The lowest BCUT2D eigenvalue weighted by Gasteiger charge is -2.33. The number of ether oxygens (including phenoxy) is 1. The molecule has 3 atom stereocenters. The highest BCUT2D eigenvalue weighted by molar-refractivity contribution is 6.09. The van der Waals surface area contributed by atoms with Crippen LogP contribution in [0.4, 0.5) is 0 Å². The van der Waals surface area contributed by atoms with Crippen LogP contribution in [0.5, 0.6) is 11.5 Å². The third-order valence-electron chi connectivity index (χ3n) is 11.1. The summed E-state index contributed by atoms with van der Waals surface area (Å²) < 4.78 is 11.4. The number of hydrogen-bond acceptors (Lipinski definition) is 3. The normalized spacial score (nSPS) is 17.7. The topological polar surface area (TPSA) is 44.9 Å². The molecule has 0 amide bonds. The Morgan fingerprint density at radius 2 is 1.60 bits per heavy atom. The Morgan fingerprint density at radius 3 is 2.35 bits per heavy atom. The number of fused-ring (bicyclic) bond motifs is 3. The van der Waals surface area contributed by atoms with E-state index in [9.17, 15) is 0 Å². The van der Waals surface area contributed by atoms with Crippen molar-refractivity contribution >= 4 is 21.8 Å². The van der Waals surface area contributed by atoms with Gasteiger partial charge in [0.25, 0.3) is 0 Å². The highest BCUT2D eigenvalue weighted by atomic mass is 16.5. The van der Waals surface area contributed by atoms with Gasteiger partial charge in [-0.2, -0.15) is 5.10 Å². The summed E-state index contributed by atoms with van der Waals surface area (Å²) in [6, 6.07) is 26.0. The number of nitrogens with zero attached hydrogens (tertiary/aromatic N) is 4. The van der Waals surface area contributed by atoms with Crippen LogP contribution in [-0.2, 0) is 12.8 Å². The molecular weight excluding hydrogens is 637 g/mol. The average molecular weight is 693 g/mol. The van der Waals surface area contributed by atoms with E-state index in [1.807, 2.05) is 12.3 Å². The fourth-order valence-electron chi connectivity index (χ4n) is 8.67. The first-order valence-electron chi connectivity index (χ1n) is 19.7. The van der Waals surface area contributed by atoms with Gasteiger partial charge in [-0.15, -0.1) is 0 Å². The van der Waals surface area contributed by atoms with Crippen LogP contribution in [0, 0.1) is 18.8 Å². The second kappa shape index (κ2) is 15.1. The molecule has 7 rings (SSSR count). The summed E-state index contributed by atoms with van der Waals surface area (Å²) in [4.78, 5) is 4.78. The summed E-state index contributed by atoms with van der Waals surface area (Å²) in [5.41, 5.74) is 11.4. The highest BCUT2D eigenvalue weighted by Gasteiger charge is 2.33. The van der Waals surface area contributed by atoms with Gasteiger partial charge in [0, 0.05) is 46.3 Å². The standard InChI is InChI=1S/C47H56N4O/c1-9-11-16-41-47(46-33(7)23-32(6)24-34(46)8)43(17-12-10-2)51(49-41)36-26-35(30(3)4)27-38(28-36)52-37-19-20-40-39-15-13-14-18-42(39)50(44(40)29-37)45-25-31(5)21-22-48-45/h13-15,18-23,25-30,32,34,46H,9-12,16-17,24H2,1-8H3/t32-,34-,46?/m0/s1. The Morgan fingerprint density at radius 1 is 0.827 bits per heavy atom. The van der Waals surface area contributed by atoms with E-state index in [0.29, 0.717) is 23.7 Å². The number of aromatic nitrogens is 4. The van der Waals surface area contributed by atoms with Crippen molar-refractivity contribution in [2.75, 3.05) is 0 Å². The van der Waals surface area contributed by atoms with E-state index in [4.69, 9.17) is 14.8 Å². The summed E-state index contributed by atoms with van der Waals surface area (Å²) in [7, 11) is 0. The van der Waals surface area contributed by atoms with Gasteiger partial charge in [-0.1, -0.05) is 84.2 Å². The molecule has 5 nitrogen and oxygen atoms in total. The molecule has 0 saturated heterocycles. The van der Waals surface area contributed by atoms with Gasteiger partial charge in [0.1, 0.15) is 17.3 Å². The maximum atomic E-state index is 6.85. The summed E-state index contributed by atoms with van der Waals surface area (Å²) in [5, 5.41) is 7.91. The first-order valence-corrected chi connectivity index (χ1v) is 19.7. The van der Waals surface area contributed by atoms with Crippen molar-refractivity contribution in [3.05, 3.63) is 119 Å². The fraction of sp³-hybridized carbons (Fsp3) is 0.404. The van der Waals surface area contributed by atoms with E-state index in [0.717, 1.165) is 72.6 Å². The van der Waals surface area contributed by atoms with Crippen LogP contribution in [0.1, 0.15) is 120 Å². The second-order valence-electron chi connectivity index (χ2n) is 15.7. The molecule has 3 aromatic carbocycles. The van der Waals surface area contributed by atoms with E-state index in [2.05, 4.69) is 137 Å². The summed E-state index contributed by atoms with van der Waals surface area (Å²) in [6.45, 7) is 18.4. The highest BCUT2D eigenvalue weighted by Crippen LogP contribution is 2.44. The van der Waals surface area contributed by atoms with Crippen molar-refractivity contribution in [3.8, 4) is 23.0 Å². The largest absolute Gasteiger partial charge is 0.457 e. The third-order valence-corrected chi connectivity index (χ3v) is 11.1. The number of para-hydroxylation sites is 1. The molecule has 3 heterocycles. The summed E-state index contributed by atoms with van der Waals surface area (Å²) in [6.07, 6.45) is 12.3. The van der Waals surface area contributed by atoms with Crippen LogP contribution >= 0.6 is 0 Å². The van der Waals surface area contributed by atoms with Crippen LogP contribution in [0.15, 0.2) is 90.6 Å². The number of allylic oxidation sites excluding steroid dienone is 2. The molecular formula is C47H56N4O. The fourth-order valence-corrected chi connectivity index (χ4v) is 8.67. The van der Waals surface area contributed by atoms with Gasteiger partial charge < -0.3 is 4.74 Å². The van der Waals surface area contributed by atoms with Gasteiger partial charge in [0.15, 0.2) is 0 Å². The van der Waals surface area contributed by atoms with Crippen LogP contribution in [0.2, 0.25) is 0 Å². The van der Waals surface area contributed by atoms with Gasteiger partial charge in [0.05, 0.1) is 22.4 Å². The molecule has 0 fully saturated rings. The number of hydrogen-bond donors (Lipinski definition) is 0. The minimum Gasteiger partial charge on any atom is -0.457 e. The minimum atomic E-state index is 0.332. The monoisotopic (exact) mass is 692 g/mol. The molecule has 0 radical (unpaired) electrons. The van der Waals surface area contributed by atoms with Crippen LogP contribution in [0.3, 0.4) is 0 Å². The lowest BCUT2D eigenvalue weighted by atomic mass is 9.71. The summed E-state index contributed by atoms with van der Waals surface area (Å²) in [5.74, 6) is 4.49. The van der Waals surface area contributed by atoms with E-state index >= 15 is 0 Å². The molecule has 0 aliphatic heterocycles. The third kappa shape index (κ3) is 6.95. The number of benzene rings is 3. The van der Waals surface area contributed by atoms with Crippen molar-refractivity contribution < 1.29 is 4.74 Å². The molecule has 0 N–H and O–H groups in total. The van der Waals surface area contributed by atoms with Crippen LogP contribution in [0.25, 0.3) is 33.3 Å². The predicted molar refractivity (Wildman–Crippen MR) is 218 cm³/mol. The van der Waals surface area contributed by atoms with Gasteiger partial charge >= 0.3 is 0 Å². The van der Waals surface area contributed by atoms with Crippen molar-refractivity contribution in [3.63, 3.8) is 0 Å². The maximum absolute atomic E-state index is 6.85. The lowest BCUT2D eigenvalue weighted by molar-refractivity contribution is 0.388. The Hall–Kier alpha value is -4.64. The Labute approximate surface area is 310 Å². The molecule has 0 spiro atoms. The first-order chi connectivity index (χ1) is 25.2. The van der Waals surface area contributed by atoms with Crippen molar-refractivity contribution in [1.29, 1.82) is 0 Å². The Balaban J connectivity index is 1.36. The zero-order valence-electron chi connectivity index (χ0n) is 32.5. The minimum absolute atomic E-state index is 0.332. The van der Waals surface area contributed by atoms with E-state index in [1.54, 1.807) is 0 Å². The zero-order valence-corrected chi connectivity index (χ0v) is 32.5. The quantitative estimate of drug-likeness (QED) is 0.120. The Kier molecular flexibility index (Phi) is 10.4. The molecule has 6 aromatic rings. The van der Waals surface area contributed by atoms with E-state index in [-0.39, 0.29) is 0 Å². The number of rotatable bonds is 12. The van der Waals surface area contributed by atoms with Crippen LogP contribution < -0.4 is 4.74 Å². The number of pyridine rings is 1. The molecule has 5 heteroatoms. The average Bonchev–Trinajstić information content (AvgIpc) is 3.64. The molecule has 1 aliphatic rings. The molecule has 52 heavy (non-hydrogen) atoms. The van der Waals surface area contributed by atoms with Gasteiger partial charge in [0.2, 0.25) is 0 Å². The zero-order chi connectivity index (χ0) is 36.5. The van der Waals surface area contributed by atoms with Crippen LogP contribution in [-0.4, -0.2) is 19.3 Å². The molecule has 1 aliphatic carbocycles. The molecule has 270 valence electrons. The number of unbranched alkanes of at least 4 members (excludes halogenated alkanes) is 2. The van der Waals surface area contributed by atoms with Gasteiger partial charge in [-0.25, -0.2) is 9.67 Å². The van der Waals surface area contributed by atoms with Crippen molar-refractivity contribution in [2.24, 2.45) is 11.8 Å². The molecule has 1 unspecified atom stereocenters. The van der Waals surface area contributed by atoms with Crippen molar-refractivity contribution in [1.82, 2.24) is 19.3 Å². The predicted octanol–water partition coefficient (Wildman–Crippen LogP) is 13.0. The molecule has 0 bridgehead atoms.